The lowest BCUT2D eigenvalue weighted by Gasteiger charge is -2.36. The van der Waals surface area contributed by atoms with Crippen molar-refractivity contribution in [1.29, 1.82) is 0 Å². The number of aliphatic imine (C=N–C) groups is 1. The van der Waals surface area contributed by atoms with Gasteiger partial charge >= 0.3 is 17.9 Å². The molecule has 5 atom stereocenters. The van der Waals surface area contributed by atoms with Crippen molar-refractivity contribution in [1.82, 2.24) is 0 Å². The van der Waals surface area contributed by atoms with E-state index in [1.165, 1.54) is 27.0 Å². The first kappa shape index (κ1) is 19.7. The summed E-state index contributed by atoms with van der Waals surface area (Å²) < 4.78 is 26.4. The van der Waals surface area contributed by atoms with E-state index in [0.29, 0.717) is 5.90 Å². The van der Waals surface area contributed by atoms with Crippen LogP contribution in [0.1, 0.15) is 27.7 Å². The van der Waals surface area contributed by atoms with Crippen molar-refractivity contribution in [2.24, 2.45) is 10.9 Å². The van der Waals surface area contributed by atoms with E-state index in [9.17, 15) is 14.4 Å². The fourth-order valence-corrected chi connectivity index (χ4v) is 2.93. The molecule has 9 nitrogen and oxygen atoms in total. The molecule has 0 bridgehead atoms. The summed E-state index contributed by atoms with van der Waals surface area (Å²) in [7, 11) is 1.25. The minimum Gasteiger partial charge on any atom is -0.480 e. The second-order valence-corrected chi connectivity index (χ2v) is 6.14. The quantitative estimate of drug-likeness (QED) is 0.498. The first-order valence-corrected chi connectivity index (χ1v) is 8.21. The van der Waals surface area contributed by atoms with Gasteiger partial charge in [-0.2, -0.15) is 0 Å². The highest BCUT2D eigenvalue weighted by molar-refractivity contribution is 5.87. The standard InChI is InChI=1S/C17H23NO8/c1-8(14(25-11(4)20)7-23-10(3)19)16-15-12(24-9(2)18-15)6-13(26-16)17(21)22-5/h6,8,12,14-16H,7H2,1-5H3. The summed E-state index contributed by atoms with van der Waals surface area (Å²) in [5.41, 5.74) is 0. The van der Waals surface area contributed by atoms with Crippen molar-refractivity contribution >= 4 is 23.8 Å². The third-order valence-corrected chi connectivity index (χ3v) is 4.15. The summed E-state index contributed by atoms with van der Waals surface area (Å²) in [6.07, 6.45) is -0.379. The molecule has 5 unspecified atom stereocenters. The van der Waals surface area contributed by atoms with Gasteiger partial charge in [0.05, 0.1) is 7.11 Å². The SMILES string of the molecule is COC(=O)C1=CC2OC(C)=NC2C(C(C)C(COC(C)=O)OC(C)=O)O1. The lowest BCUT2D eigenvalue weighted by molar-refractivity contribution is -0.165. The summed E-state index contributed by atoms with van der Waals surface area (Å²) in [5.74, 6) is -1.63. The highest BCUT2D eigenvalue weighted by Crippen LogP contribution is 2.33. The first-order chi connectivity index (χ1) is 12.2. The number of fused-ring (bicyclic) bond motifs is 1. The second-order valence-electron chi connectivity index (χ2n) is 6.14. The number of ether oxygens (including phenoxy) is 5. The smallest absolute Gasteiger partial charge is 0.373 e. The molecular formula is C17H23NO8. The summed E-state index contributed by atoms with van der Waals surface area (Å²) in [6, 6.07) is -0.422. The normalized spacial score (nSPS) is 26.1. The van der Waals surface area contributed by atoms with Gasteiger partial charge in [0, 0.05) is 32.8 Å². The van der Waals surface area contributed by atoms with E-state index in [0.717, 1.165) is 0 Å². The molecular weight excluding hydrogens is 346 g/mol. The Bertz CT molecular complexity index is 641. The predicted molar refractivity (Wildman–Crippen MR) is 88.1 cm³/mol. The van der Waals surface area contributed by atoms with E-state index in [1.807, 2.05) is 0 Å². The van der Waals surface area contributed by atoms with Crippen LogP contribution in [-0.2, 0) is 38.1 Å². The maximum atomic E-state index is 11.9. The second kappa shape index (κ2) is 8.20. The zero-order chi connectivity index (χ0) is 19.4. The molecule has 26 heavy (non-hydrogen) atoms. The summed E-state index contributed by atoms with van der Waals surface area (Å²) in [5, 5.41) is 0. The van der Waals surface area contributed by atoms with Crippen molar-refractivity contribution in [3.63, 3.8) is 0 Å². The molecule has 0 aromatic heterocycles. The zero-order valence-corrected chi connectivity index (χ0v) is 15.4. The van der Waals surface area contributed by atoms with Crippen molar-refractivity contribution in [3.05, 3.63) is 11.8 Å². The van der Waals surface area contributed by atoms with Gasteiger partial charge < -0.3 is 23.7 Å². The largest absolute Gasteiger partial charge is 0.480 e. The molecule has 0 fully saturated rings. The molecule has 0 radical (unpaired) electrons. The van der Waals surface area contributed by atoms with Crippen LogP contribution < -0.4 is 0 Å². The average Bonchev–Trinajstić information content (AvgIpc) is 2.95. The Morgan fingerprint density at radius 1 is 1.23 bits per heavy atom. The topological polar surface area (TPSA) is 110 Å². The summed E-state index contributed by atoms with van der Waals surface area (Å²) in [4.78, 5) is 38.9. The molecule has 0 saturated heterocycles. The molecule has 0 aliphatic carbocycles. The van der Waals surface area contributed by atoms with Crippen LogP contribution >= 0.6 is 0 Å². The Hall–Kier alpha value is -2.58. The Labute approximate surface area is 151 Å². The van der Waals surface area contributed by atoms with E-state index in [4.69, 9.17) is 23.7 Å². The molecule has 0 saturated carbocycles. The number of rotatable bonds is 6. The van der Waals surface area contributed by atoms with Crippen LogP contribution in [0.4, 0.5) is 0 Å². The monoisotopic (exact) mass is 369 g/mol. The number of carbonyl (C=O) groups excluding carboxylic acids is 3. The maximum absolute atomic E-state index is 11.9. The van der Waals surface area contributed by atoms with Crippen LogP contribution in [0.15, 0.2) is 16.8 Å². The van der Waals surface area contributed by atoms with Gasteiger partial charge in [0.2, 0.25) is 5.76 Å². The fourth-order valence-electron chi connectivity index (χ4n) is 2.93. The third kappa shape index (κ3) is 4.53. The van der Waals surface area contributed by atoms with Crippen LogP contribution in [0.2, 0.25) is 0 Å². The molecule has 0 amide bonds. The van der Waals surface area contributed by atoms with Crippen LogP contribution in [0, 0.1) is 5.92 Å². The molecule has 2 aliphatic rings. The molecule has 2 heterocycles. The van der Waals surface area contributed by atoms with Crippen molar-refractivity contribution in [3.8, 4) is 0 Å². The van der Waals surface area contributed by atoms with Crippen molar-refractivity contribution in [2.45, 2.75) is 52.0 Å². The Morgan fingerprint density at radius 2 is 1.92 bits per heavy atom. The van der Waals surface area contributed by atoms with Crippen molar-refractivity contribution in [2.75, 3.05) is 13.7 Å². The molecule has 0 N–H and O–H groups in total. The van der Waals surface area contributed by atoms with Gasteiger partial charge in [0.1, 0.15) is 31.0 Å². The van der Waals surface area contributed by atoms with Gasteiger partial charge in [-0.25, -0.2) is 9.79 Å². The predicted octanol–water partition coefficient (Wildman–Crippen LogP) is 0.759. The highest BCUT2D eigenvalue weighted by Gasteiger charge is 2.46. The lowest BCUT2D eigenvalue weighted by Crippen LogP contribution is -2.48. The van der Waals surface area contributed by atoms with Gasteiger partial charge in [-0.1, -0.05) is 6.92 Å². The molecule has 0 aromatic rings. The Morgan fingerprint density at radius 3 is 2.50 bits per heavy atom. The number of nitrogens with zero attached hydrogens (tertiary/aromatic N) is 1. The Balaban J connectivity index is 2.25. The molecule has 2 aliphatic heterocycles. The van der Waals surface area contributed by atoms with E-state index in [1.54, 1.807) is 13.8 Å². The van der Waals surface area contributed by atoms with E-state index in [-0.39, 0.29) is 12.4 Å². The van der Waals surface area contributed by atoms with Gasteiger partial charge in [-0.15, -0.1) is 0 Å². The Kier molecular flexibility index (Phi) is 6.23. The molecule has 2 rings (SSSR count). The van der Waals surface area contributed by atoms with E-state index in [2.05, 4.69) is 4.99 Å². The van der Waals surface area contributed by atoms with E-state index < -0.39 is 48.2 Å². The van der Waals surface area contributed by atoms with Crippen LogP contribution in [-0.4, -0.2) is 61.9 Å². The van der Waals surface area contributed by atoms with Crippen LogP contribution in [0.5, 0.6) is 0 Å². The van der Waals surface area contributed by atoms with Crippen LogP contribution in [0.3, 0.4) is 0 Å². The average molecular weight is 369 g/mol. The summed E-state index contributed by atoms with van der Waals surface area (Å²) in [6.45, 7) is 5.86. The van der Waals surface area contributed by atoms with Crippen molar-refractivity contribution < 1.29 is 38.1 Å². The number of hydrogen-bond donors (Lipinski definition) is 0. The molecule has 0 aromatic carbocycles. The van der Waals surface area contributed by atoms with Gasteiger partial charge in [0.15, 0.2) is 5.90 Å². The fraction of sp³-hybridized carbons (Fsp3) is 0.647. The first-order valence-electron chi connectivity index (χ1n) is 8.21. The third-order valence-electron chi connectivity index (χ3n) is 4.15. The number of methoxy groups -OCH3 is 1. The molecule has 0 spiro atoms. The number of hydrogen-bond acceptors (Lipinski definition) is 9. The zero-order valence-electron chi connectivity index (χ0n) is 15.4. The minimum atomic E-state index is -0.768. The summed E-state index contributed by atoms with van der Waals surface area (Å²) >= 11 is 0. The maximum Gasteiger partial charge on any atom is 0.373 e. The lowest BCUT2D eigenvalue weighted by atomic mass is 9.88. The number of esters is 3. The minimum absolute atomic E-state index is 0.00422. The highest BCUT2D eigenvalue weighted by atomic mass is 16.6. The molecule has 9 heteroatoms. The van der Waals surface area contributed by atoms with E-state index >= 15 is 0 Å². The van der Waals surface area contributed by atoms with Gasteiger partial charge in [0.25, 0.3) is 0 Å². The van der Waals surface area contributed by atoms with Gasteiger partial charge in [-0.05, 0) is 0 Å². The number of carbonyl (C=O) groups is 3. The molecule has 144 valence electrons. The van der Waals surface area contributed by atoms with Crippen LogP contribution in [0.25, 0.3) is 0 Å². The van der Waals surface area contributed by atoms with Gasteiger partial charge in [-0.3, -0.25) is 9.59 Å².